The first-order chi connectivity index (χ1) is 7.29. The van der Waals surface area contributed by atoms with Gasteiger partial charge >= 0.3 is 5.97 Å². The Morgan fingerprint density at radius 2 is 2.07 bits per heavy atom. The van der Waals surface area contributed by atoms with E-state index in [1.807, 2.05) is 0 Å². The molecule has 0 saturated heterocycles. The summed E-state index contributed by atoms with van der Waals surface area (Å²) in [5.41, 5.74) is 0. The van der Waals surface area contributed by atoms with Gasteiger partial charge in [-0.1, -0.05) is 12.8 Å². The van der Waals surface area contributed by atoms with E-state index >= 15 is 0 Å². The summed E-state index contributed by atoms with van der Waals surface area (Å²) in [5.74, 6) is -0.723. The Labute approximate surface area is 91.0 Å². The highest BCUT2D eigenvalue weighted by Crippen LogP contribution is 2.20. The first-order valence-electron chi connectivity index (χ1n) is 5.83. The van der Waals surface area contributed by atoms with Gasteiger partial charge in [-0.15, -0.1) is 0 Å². The average Bonchev–Trinajstić information content (AvgIpc) is 2.68. The quantitative estimate of drug-likeness (QED) is 0.601. The lowest BCUT2D eigenvalue weighted by atomic mass is 10.3. The Bertz CT molecular complexity index is 179. The Morgan fingerprint density at radius 3 is 2.73 bits per heavy atom. The summed E-state index contributed by atoms with van der Waals surface area (Å²) in [6, 6.07) is 0. The number of carboxylic acid groups (broad SMARTS) is 1. The van der Waals surface area contributed by atoms with Gasteiger partial charge in [-0.3, -0.25) is 4.79 Å². The zero-order valence-corrected chi connectivity index (χ0v) is 9.21. The van der Waals surface area contributed by atoms with Gasteiger partial charge in [0.2, 0.25) is 0 Å². The third-order valence-corrected chi connectivity index (χ3v) is 2.68. The molecule has 1 aliphatic carbocycles. The van der Waals surface area contributed by atoms with Crippen molar-refractivity contribution in [2.75, 3.05) is 19.7 Å². The van der Waals surface area contributed by atoms with E-state index in [1.165, 1.54) is 25.7 Å². The van der Waals surface area contributed by atoms with Gasteiger partial charge in [-0.05, 0) is 25.8 Å². The standard InChI is InChI=1S/C11H21NO3/c13-11(14)6-3-7-12-8-9-15-10-4-1-2-5-10/h10,12H,1-9H2,(H,13,14). The van der Waals surface area contributed by atoms with Crippen LogP contribution in [0.4, 0.5) is 0 Å². The van der Waals surface area contributed by atoms with Gasteiger partial charge in [0.1, 0.15) is 0 Å². The first kappa shape index (κ1) is 12.5. The minimum atomic E-state index is -0.723. The highest BCUT2D eigenvalue weighted by Gasteiger charge is 2.14. The topological polar surface area (TPSA) is 58.6 Å². The molecule has 1 fully saturated rings. The van der Waals surface area contributed by atoms with Crippen molar-refractivity contribution in [1.29, 1.82) is 0 Å². The number of carbonyl (C=O) groups is 1. The smallest absolute Gasteiger partial charge is 0.303 e. The summed E-state index contributed by atoms with van der Waals surface area (Å²) in [4.78, 5) is 10.2. The number of aliphatic carboxylic acids is 1. The van der Waals surface area contributed by atoms with Gasteiger partial charge in [0.25, 0.3) is 0 Å². The maximum Gasteiger partial charge on any atom is 0.303 e. The zero-order valence-electron chi connectivity index (χ0n) is 9.21. The monoisotopic (exact) mass is 215 g/mol. The van der Waals surface area contributed by atoms with Crippen LogP contribution in [-0.2, 0) is 9.53 Å². The van der Waals surface area contributed by atoms with Crippen molar-refractivity contribution in [2.24, 2.45) is 0 Å². The third kappa shape index (κ3) is 6.47. The Hall–Kier alpha value is -0.610. The molecule has 0 aromatic carbocycles. The van der Waals surface area contributed by atoms with Gasteiger partial charge in [0.15, 0.2) is 0 Å². The normalized spacial score (nSPS) is 17.1. The predicted molar refractivity (Wildman–Crippen MR) is 57.9 cm³/mol. The maximum atomic E-state index is 10.2. The molecular weight excluding hydrogens is 194 g/mol. The molecule has 4 nitrogen and oxygen atoms in total. The van der Waals surface area contributed by atoms with Crippen LogP contribution in [-0.4, -0.2) is 36.9 Å². The molecule has 0 aromatic rings. The van der Waals surface area contributed by atoms with Gasteiger partial charge in [0, 0.05) is 13.0 Å². The van der Waals surface area contributed by atoms with Crippen LogP contribution in [0.5, 0.6) is 0 Å². The van der Waals surface area contributed by atoms with Gasteiger partial charge in [0.05, 0.1) is 12.7 Å². The van der Waals surface area contributed by atoms with Crippen LogP contribution in [0, 0.1) is 0 Å². The maximum absolute atomic E-state index is 10.2. The fraction of sp³-hybridized carbons (Fsp3) is 0.909. The van der Waals surface area contributed by atoms with Crippen LogP contribution in [0.2, 0.25) is 0 Å². The van der Waals surface area contributed by atoms with Crippen LogP contribution in [0.1, 0.15) is 38.5 Å². The second-order valence-corrected chi connectivity index (χ2v) is 4.02. The van der Waals surface area contributed by atoms with E-state index in [4.69, 9.17) is 9.84 Å². The first-order valence-corrected chi connectivity index (χ1v) is 5.83. The summed E-state index contributed by atoms with van der Waals surface area (Å²) < 4.78 is 5.65. The van der Waals surface area contributed by atoms with Gasteiger partial charge in [-0.2, -0.15) is 0 Å². The van der Waals surface area contributed by atoms with Crippen LogP contribution in [0.3, 0.4) is 0 Å². The van der Waals surface area contributed by atoms with Crippen molar-refractivity contribution >= 4 is 5.97 Å². The van der Waals surface area contributed by atoms with E-state index in [2.05, 4.69) is 5.32 Å². The minimum Gasteiger partial charge on any atom is -0.481 e. The molecule has 1 saturated carbocycles. The molecule has 88 valence electrons. The molecule has 1 aliphatic rings. The largest absolute Gasteiger partial charge is 0.481 e. The van der Waals surface area contributed by atoms with E-state index in [1.54, 1.807) is 0 Å². The molecule has 0 aromatic heterocycles. The van der Waals surface area contributed by atoms with Crippen LogP contribution in [0.15, 0.2) is 0 Å². The van der Waals surface area contributed by atoms with E-state index < -0.39 is 5.97 Å². The van der Waals surface area contributed by atoms with E-state index in [9.17, 15) is 4.79 Å². The third-order valence-electron chi connectivity index (χ3n) is 2.68. The van der Waals surface area contributed by atoms with Crippen molar-refractivity contribution in [2.45, 2.75) is 44.6 Å². The molecule has 0 amide bonds. The summed E-state index contributed by atoms with van der Waals surface area (Å²) >= 11 is 0. The number of nitrogens with one attached hydrogen (secondary N) is 1. The Morgan fingerprint density at radius 1 is 1.33 bits per heavy atom. The lowest BCUT2D eigenvalue weighted by Gasteiger charge is -2.11. The molecule has 4 heteroatoms. The molecule has 0 aliphatic heterocycles. The SMILES string of the molecule is O=C(O)CCCNCCOC1CCCC1. The zero-order chi connectivity index (χ0) is 10.9. The van der Waals surface area contributed by atoms with Crippen molar-refractivity contribution in [3.05, 3.63) is 0 Å². The molecule has 0 atom stereocenters. The predicted octanol–water partition coefficient (Wildman–Crippen LogP) is 1.40. The summed E-state index contributed by atoms with van der Waals surface area (Å²) in [6.07, 6.45) is 6.44. The molecular formula is C11H21NO3. The van der Waals surface area contributed by atoms with Crippen molar-refractivity contribution in [3.63, 3.8) is 0 Å². The molecule has 2 N–H and O–H groups in total. The molecule has 1 rings (SSSR count). The van der Waals surface area contributed by atoms with Crippen molar-refractivity contribution < 1.29 is 14.6 Å². The van der Waals surface area contributed by atoms with E-state index in [-0.39, 0.29) is 6.42 Å². The van der Waals surface area contributed by atoms with Crippen LogP contribution in [0.25, 0.3) is 0 Å². The summed E-state index contributed by atoms with van der Waals surface area (Å²) in [5, 5.41) is 11.6. The van der Waals surface area contributed by atoms with Crippen LogP contribution < -0.4 is 5.32 Å². The lowest BCUT2D eigenvalue weighted by molar-refractivity contribution is -0.137. The highest BCUT2D eigenvalue weighted by molar-refractivity contribution is 5.66. The summed E-state index contributed by atoms with van der Waals surface area (Å²) in [7, 11) is 0. The Kier molecular flexibility index (Phi) is 6.36. The molecule has 15 heavy (non-hydrogen) atoms. The fourth-order valence-electron chi connectivity index (χ4n) is 1.84. The van der Waals surface area contributed by atoms with E-state index in [0.717, 1.165) is 19.7 Å². The van der Waals surface area contributed by atoms with E-state index in [0.29, 0.717) is 12.5 Å². The average molecular weight is 215 g/mol. The number of ether oxygens (including phenoxy) is 1. The second-order valence-electron chi connectivity index (χ2n) is 4.02. The molecule has 0 heterocycles. The Balaban J connectivity index is 1.78. The highest BCUT2D eigenvalue weighted by atomic mass is 16.5. The molecule has 0 bridgehead atoms. The number of hydrogen-bond donors (Lipinski definition) is 2. The summed E-state index contributed by atoms with van der Waals surface area (Å²) in [6.45, 7) is 2.34. The minimum absolute atomic E-state index is 0.247. The molecule has 0 radical (unpaired) electrons. The number of rotatable bonds is 8. The van der Waals surface area contributed by atoms with Gasteiger partial charge < -0.3 is 15.2 Å². The van der Waals surface area contributed by atoms with Gasteiger partial charge in [-0.25, -0.2) is 0 Å². The lowest BCUT2D eigenvalue weighted by Crippen LogP contribution is -2.23. The molecule has 0 spiro atoms. The van der Waals surface area contributed by atoms with Crippen LogP contribution >= 0.6 is 0 Å². The number of carboxylic acids is 1. The van der Waals surface area contributed by atoms with Crippen molar-refractivity contribution in [3.8, 4) is 0 Å². The number of hydrogen-bond acceptors (Lipinski definition) is 3. The fourth-order valence-corrected chi connectivity index (χ4v) is 1.84. The van der Waals surface area contributed by atoms with Crippen molar-refractivity contribution in [1.82, 2.24) is 5.32 Å². The molecule has 0 unspecified atom stereocenters. The second kappa shape index (κ2) is 7.65.